The monoisotopic (exact) mass is 334 g/mol. The molecule has 0 bridgehead atoms. The molecule has 0 spiro atoms. The summed E-state index contributed by atoms with van der Waals surface area (Å²) in [5.41, 5.74) is 2.29. The standard InChI is InChI=1S/C10H15BrN4O2S/c1-6-2-7(6)4-14-18(16,17)9-3-8(11)5-13-10(9)15-12/h3,5-7,14H,2,4,12H2,1H3,(H,13,15). The predicted molar refractivity (Wildman–Crippen MR) is 72.2 cm³/mol. The van der Waals surface area contributed by atoms with Crippen LogP contribution in [-0.2, 0) is 10.0 Å². The average molecular weight is 335 g/mol. The molecule has 18 heavy (non-hydrogen) atoms. The maximum absolute atomic E-state index is 12.1. The van der Waals surface area contributed by atoms with E-state index in [2.05, 4.69) is 38.0 Å². The Morgan fingerprint density at radius 1 is 1.61 bits per heavy atom. The number of nitrogen functional groups attached to an aromatic ring is 1. The minimum absolute atomic E-state index is 0.0488. The summed E-state index contributed by atoms with van der Waals surface area (Å²) in [6, 6.07) is 1.47. The van der Waals surface area contributed by atoms with E-state index < -0.39 is 10.0 Å². The van der Waals surface area contributed by atoms with Crippen LogP contribution < -0.4 is 16.0 Å². The molecule has 1 aromatic rings. The zero-order valence-electron chi connectivity index (χ0n) is 9.85. The summed E-state index contributed by atoms with van der Waals surface area (Å²) in [4.78, 5) is 3.97. The Kier molecular flexibility index (Phi) is 3.90. The molecule has 2 atom stereocenters. The molecule has 1 fully saturated rings. The first-order valence-electron chi connectivity index (χ1n) is 5.56. The van der Waals surface area contributed by atoms with Crippen molar-refractivity contribution in [2.45, 2.75) is 18.2 Å². The third-order valence-electron chi connectivity index (χ3n) is 3.06. The second-order valence-electron chi connectivity index (χ2n) is 4.47. The van der Waals surface area contributed by atoms with Crippen molar-refractivity contribution in [1.29, 1.82) is 0 Å². The number of pyridine rings is 1. The SMILES string of the molecule is CC1CC1CNS(=O)(=O)c1cc(Br)cnc1NN. The highest BCUT2D eigenvalue weighted by Crippen LogP contribution is 2.37. The topological polar surface area (TPSA) is 97.1 Å². The van der Waals surface area contributed by atoms with Gasteiger partial charge in [0.1, 0.15) is 4.90 Å². The molecule has 2 rings (SSSR count). The van der Waals surface area contributed by atoms with Gasteiger partial charge < -0.3 is 5.43 Å². The first-order chi connectivity index (χ1) is 8.44. The van der Waals surface area contributed by atoms with Crippen LogP contribution in [0, 0.1) is 11.8 Å². The fourth-order valence-electron chi connectivity index (χ4n) is 1.71. The lowest BCUT2D eigenvalue weighted by Crippen LogP contribution is -2.28. The molecule has 0 aliphatic heterocycles. The number of anilines is 1. The molecule has 1 saturated carbocycles. The lowest BCUT2D eigenvalue weighted by Gasteiger charge is -2.10. The van der Waals surface area contributed by atoms with Crippen LogP contribution in [0.4, 0.5) is 5.82 Å². The second kappa shape index (κ2) is 5.12. The van der Waals surface area contributed by atoms with Crippen molar-refractivity contribution in [3.8, 4) is 0 Å². The number of hydrogen-bond acceptors (Lipinski definition) is 5. The fraction of sp³-hybridized carbons (Fsp3) is 0.500. The van der Waals surface area contributed by atoms with Crippen LogP contribution in [0.5, 0.6) is 0 Å². The molecule has 1 aromatic heterocycles. The molecular formula is C10H15BrN4O2S. The molecule has 0 amide bonds. The van der Waals surface area contributed by atoms with Gasteiger partial charge in [-0.1, -0.05) is 6.92 Å². The summed E-state index contributed by atoms with van der Waals surface area (Å²) >= 11 is 3.20. The van der Waals surface area contributed by atoms with Gasteiger partial charge >= 0.3 is 0 Å². The van der Waals surface area contributed by atoms with Crippen molar-refractivity contribution in [1.82, 2.24) is 9.71 Å². The minimum Gasteiger partial charge on any atom is -0.307 e. The summed E-state index contributed by atoms with van der Waals surface area (Å²) in [5.74, 6) is 6.44. The van der Waals surface area contributed by atoms with Crippen LogP contribution in [0.1, 0.15) is 13.3 Å². The molecule has 1 aliphatic rings. The largest absolute Gasteiger partial charge is 0.307 e. The Morgan fingerprint density at radius 3 is 2.83 bits per heavy atom. The Bertz CT molecular complexity index is 549. The predicted octanol–water partition coefficient (Wildman–Crippen LogP) is 1.06. The van der Waals surface area contributed by atoms with Gasteiger partial charge in [-0.2, -0.15) is 0 Å². The van der Waals surface area contributed by atoms with E-state index in [0.29, 0.717) is 22.9 Å². The molecule has 0 saturated heterocycles. The number of nitrogens with two attached hydrogens (primary N) is 1. The zero-order chi connectivity index (χ0) is 13.3. The van der Waals surface area contributed by atoms with Crippen molar-refractivity contribution in [3.05, 3.63) is 16.7 Å². The number of rotatable bonds is 5. The van der Waals surface area contributed by atoms with Gasteiger partial charge in [-0.25, -0.2) is 24.0 Å². The first kappa shape index (κ1) is 13.7. The van der Waals surface area contributed by atoms with Crippen molar-refractivity contribution in [3.63, 3.8) is 0 Å². The van der Waals surface area contributed by atoms with E-state index >= 15 is 0 Å². The van der Waals surface area contributed by atoms with Crippen molar-refractivity contribution < 1.29 is 8.42 Å². The third-order valence-corrected chi connectivity index (χ3v) is 4.93. The number of nitrogens with zero attached hydrogens (tertiary/aromatic N) is 1. The van der Waals surface area contributed by atoms with E-state index in [9.17, 15) is 8.42 Å². The maximum Gasteiger partial charge on any atom is 0.244 e. The molecule has 2 unspecified atom stereocenters. The first-order valence-corrected chi connectivity index (χ1v) is 7.83. The van der Waals surface area contributed by atoms with Gasteiger partial charge in [0, 0.05) is 17.2 Å². The van der Waals surface area contributed by atoms with Gasteiger partial charge in [-0.05, 0) is 40.3 Å². The molecule has 8 heteroatoms. The highest BCUT2D eigenvalue weighted by atomic mass is 79.9. The number of aromatic nitrogens is 1. The van der Waals surface area contributed by atoms with Gasteiger partial charge in [0.15, 0.2) is 5.82 Å². The highest BCUT2D eigenvalue weighted by molar-refractivity contribution is 9.10. The van der Waals surface area contributed by atoms with Crippen LogP contribution in [0.2, 0.25) is 0 Å². The van der Waals surface area contributed by atoms with Gasteiger partial charge in [0.25, 0.3) is 0 Å². The van der Waals surface area contributed by atoms with E-state index in [-0.39, 0.29) is 10.7 Å². The molecule has 1 heterocycles. The second-order valence-corrected chi connectivity index (χ2v) is 7.12. The summed E-state index contributed by atoms with van der Waals surface area (Å²) in [6.07, 6.45) is 2.55. The summed E-state index contributed by atoms with van der Waals surface area (Å²) in [5, 5.41) is 0. The van der Waals surface area contributed by atoms with E-state index in [0.717, 1.165) is 6.42 Å². The number of sulfonamides is 1. The van der Waals surface area contributed by atoms with Gasteiger partial charge in [0.05, 0.1) is 0 Å². The van der Waals surface area contributed by atoms with Crippen molar-refractivity contribution >= 4 is 31.8 Å². The molecule has 1 aliphatic carbocycles. The molecular weight excluding hydrogens is 320 g/mol. The van der Waals surface area contributed by atoms with Crippen molar-refractivity contribution in [2.24, 2.45) is 17.7 Å². The lowest BCUT2D eigenvalue weighted by molar-refractivity contribution is 0.574. The van der Waals surface area contributed by atoms with Gasteiger partial charge in [-0.3, -0.25) is 0 Å². The molecule has 100 valence electrons. The summed E-state index contributed by atoms with van der Waals surface area (Å²) in [6.45, 7) is 2.56. The summed E-state index contributed by atoms with van der Waals surface area (Å²) in [7, 11) is -3.59. The molecule has 0 radical (unpaired) electrons. The van der Waals surface area contributed by atoms with Crippen LogP contribution in [0.25, 0.3) is 0 Å². The van der Waals surface area contributed by atoms with Crippen LogP contribution in [-0.4, -0.2) is 19.9 Å². The number of hydrazine groups is 1. The van der Waals surface area contributed by atoms with Gasteiger partial charge in [0.2, 0.25) is 10.0 Å². The molecule has 0 aromatic carbocycles. The Morgan fingerprint density at radius 2 is 2.28 bits per heavy atom. The third kappa shape index (κ3) is 3.00. The normalized spacial score (nSPS) is 22.8. The lowest BCUT2D eigenvalue weighted by atomic mass is 10.3. The minimum atomic E-state index is -3.59. The summed E-state index contributed by atoms with van der Waals surface area (Å²) < 4.78 is 27.4. The van der Waals surface area contributed by atoms with Gasteiger partial charge in [-0.15, -0.1) is 0 Å². The average Bonchev–Trinajstić information content (AvgIpc) is 3.03. The van der Waals surface area contributed by atoms with Crippen LogP contribution in [0.15, 0.2) is 21.6 Å². The smallest absolute Gasteiger partial charge is 0.244 e. The van der Waals surface area contributed by atoms with E-state index in [1.807, 2.05) is 0 Å². The zero-order valence-corrected chi connectivity index (χ0v) is 12.3. The van der Waals surface area contributed by atoms with E-state index in [1.54, 1.807) is 0 Å². The van der Waals surface area contributed by atoms with Crippen LogP contribution in [0.3, 0.4) is 0 Å². The highest BCUT2D eigenvalue weighted by Gasteiger charge is 2.33. The Labute approximate surface area is 115 Å². The van der Waals surface area contributed by atoms with Crippen molar-refractivity contribution in [2.75, 3.05) is 12.0 Å². The molecule has 4 N–H and O–H groups in total. The fourth-order valence-corrected chi connectivity index (χ4v) is 3.43. The Balaban J connectivity index is 2.20. The number of nitrogens with one attached hydrogen (secondary N) is 2. The quantitative estimate of drug-likeness (QED) is 0.552. The molecule has 6 nitrogen and oxygen atoms in total. The number of hydrogen-bond donors (Lipinski definition) is 3. The van der Waals surface area contributed by atoms with E-state index in [1.165, 1.54) is 12.3 Å². The van der Waals surface area contributed by atoms with E-state index in [4.69, 9.17) is 5.84 Å². The maximum atomic E-state index is 12.1. The number of halogens is 1. The Hall–Kier alpha value is -0.700. The van der Waals surface area contributed by atoms with Crippen LogP contribution >= 0.6 is 15.9 Å².